The van der Waals surface area contributed by atoms with E-state index in [4.69, 9.17) is 35.4 Å². The summed E-state index contributed by atoms with van der Waals surface area (Å²) < 4.78 is 1.42. The zero-order valence-electron chi connectivity index (χ0n) is 12.1. The Hall–Kier alpha value is -0.690. The third-order valence-electron chi connectivity index (χ3n) is 2.92. The SMILES string of the molecule is O=C(NC(=S)Nc1c(I)cc(I)cc1C(=O)O)c1cc(Cl)ccc1Cl. The summed E-state index contributed by atoms with van der Waals surface area (Å²) in [6, 6.07) is 7.77. The molecule has 3 N–H and O–H groups in total. The first-order chi connectivity index (χ1) is 11.7. The molecule has 2 aromatic rings. The molecule has 130 valence electrons. The molecule has 0 heterocycles. The highest BCUT2D eigenvalue weighted by atomic mass is 127. The number of carbonyl (C=O) groups excluding carboxylic acids is 1. The molecule has 5 nitrogen and oxygen atoms in total. The average molecular weight is 621 g/mol. The summed E-state index contributed by atoms with van der Waals surface area (Å²) in [6.45, 7) is 0. The van der Waals surface area contributed by atoms with Crippen LogP contribution >= 0.6 is 80.6 Å². The molecule has 0 radical (unpaired) electrons. The summed E-state index contributed by atoms with van der Waals surface area (Å²) in [5, 5.41) is 15.1. The summed E-state index contributed by atoms with van der Waals surface area (Å²) >= 11 is 21.0. The highest BCUT2D eigenvalue weighted by molar-refractivity contribution is 14.1. The van der Waals surface area contributed by atoms with Gasteiger partial charge in [0, 0.05) is 12.2 Å². The molecule has 0 aromatic heterocycles. The van der Waals surface area contributed by atoms with Crippen molar-refractivity contribution in [3.05, 3.63) is 58.6 Å². The van der Waals surface area contributed by atoms with E-state index in [2.05, 4.69) is 10.6 Å². The molecule has 2 aromatic carbocycles. The molecular weight excluding hydrogens is 613 g/mol. The summed E-state index contributed by atoms with van der Waals surface area (Å²) in [7, 11) is 0. The number of halogens is 4. The number of hydrogen-bond donors (Lipinski definition) is 3. The predicted molar refractivity (Wildman–Crippen MR) is 119 cm³/mol. The first kappa shape index (κ1) is 20.6. The molecule has 0 unspecified atom stereocenters. The number of benzene rings is 2. The fraction of sp³-hybridized carbons (Fsp3) is 0. The standard InChI is InChI=1S/C15H8Cl2I2N2O3S/c16-6-1-2-10(17)8(3-6)13(22)21-15(25)20-12-9(14(23)24)4-7(18)5-11(12)19/h1-5H,(H,23,24)(H2,20,21,22,25). The zero-order chi connectivity index (χ0) is 18.7. The summed E-state index contributed by atoms with van der Waals surface area (Å²) in [5.41, 5.74) is 0.513. The molecule has 0 aliphatic rings. The lowest BCUT2D eigenvalue weighted by molar-refractivity contribution is 0.0697. The van der Waals surface area contributed by atoms with Crippen molar-refractivity contribution in [2.75, 3.05) is 5.32 Å². The smallest absolute Gasteiger partial charge is 0.337 e. The van der Waals surface area contributed by atoms with Gasteiger partial charge in [0.05, 0.1) is 21.8 Å². The number of carboxylic acids is 1. The molecule has 0 aliphatic heterocycles. The van der Waals surface area contributed by atoms with Gasteiger partial charge < -0.3 is 10.4 Å². The molecule has 0 fully saturated rings. The van der Waals surface area contributed by atoms with Gasteiger partial charge in [0.15, 0.2) is 5.11 Å². The normalized spacial score (nSPS) is 10.2. The Balaban J connectivity index is 2.22. The van der Waals surface area contributed by atoms with Gasteiger partial charge in [-0.25, -0.2) is 4.79 Å². The van der Waals surface area contributed by atoms with E-state index in [-0.39, 0.29) is 21.3 Å². The van der Waals surface area contributed by atoms with Crippen molar-refractivity contribution < 1.29 is 14.7 Å². The first-order valence-corrected chi connectivity index (χ1v) is 9.81. The van der Waals surface area contributed by atoms with Crippen LogP contribution in [0.5, 0.6) is 0 Å². The molecule has 0 saturated heterocycles. The lowest BCUT2D eigenvalue weighted by atomic mass is 10.2. The van der Waals surface area contributed by atoms with Crippen LogP contribution in [-0.2, 0) is 0 Å². The summed E-state index contributed by atoms with van der Waals surface area (Å²) in [6.07, 6.45) is 0. The van der Waals surface area contributed by atoms with Crippen LogP contribution in [0.2, 0.25) is 10.0 Å². The van der Waals surface area contributed by atoms with Crippen LogP contribution in [0.25, 0.3) is 0 Å². The second kappa shape index (κ2) is 8.80. The number of aromatic carboxylic acids is 1. The third kappa shape index (κ3) is 5.39. The monoisotopic (exact) mass is 620 g/mol. The number of carbonyl (C=O) groups is 2. The van der Waals surface area contributed by atoms with Crippen molar-refractivity contribution in [2.45, 2.75) is 0 Å². The maximum Gasteiger partial charge on any atom is 0.337 e. The number of carboxylic acid groups (broad SMARTS) is 1. The molecular formula is C15H8Cl2I2N2O3S. The van der Waals surface area contributed by atoms with Crippen molar-refractivity contribution >= 4 is 103 Å². The van der Waals surface area contributed by atoms with Gasteiger partial charge >= 0.3 is 5.97 Å². The van der Waals surface area contributed by atoms with Crippen molar-refractivity contribution in [1.82, 2.24) is 5.32 Å². The molecule has 2 rings (SSSR count). The lowest BCUT2D eigenvalue weighted by Gasteiger charge is -2.14. The maximum atomic E-state index is 12.3. The van der Waals surface area contributed by atoms with Crippen molar-refractivity contribution in [3.63, 3.8) is 0 Å². The predicted octanol–water partition coefficient (Wildman–Crippen LogP) is 5.03. The fourth-order valence-electron chi connectivity index (χ4n) is 1.86. The molecule has 0 spiro atoms. The van der Waals surface area contributed by atoms with Crippen LogP contribution in [-0.4, -0.2) is 22.1 Å². The van der Waals surface area contributed by atoms with Crippen LogP contribution in [0.1, 0.15) is 20.7 Å². The molecule has 10 heteroatoms. The van der Waals surface area contributed by atoms with Crippen molar-refractivity contribution in [1.29, 1.82) is 0 Å². The number of thiocarbonyl (C=S) groups is 1. The van der Waals surface area contributed by atoms with Gasteiger partial charge in [-0.15, -0.1) is 0 Å². The average Bonchev–Trinajstić information content (AvgIpc) is 2.51. The Morgan fingerprint density at radius 2 is 1.76 bits per heavy atom. The molecule has 0 atom stereocenters. The van der Waals surface area contributed by atoms with Crippen LogP contribution in [0, 0.1) is 7.14 Å². The molecule has 0 aliphatic carbocycles. The minimum atomic E-state index is -1.11. The van der Waals surface area contributed by atoms with Gasteiger partial charge in [0.1, 0.15) is 0 Å². The minimum Gasteiger partial charge on any atom is -0.478 e. The second-order valence-electron chi connectivity index (χ2n) is 4.65. The Morgan fingerprint density at radius 1 is 1.08 bits per heavy atom. The van der Waals surface area contributed by atoms with Crippen LogP contribution < -0.4 is 10.6 Å². The summed E-state index contributed by atoms with van der Waals surface area (Å²) in [4.78, 5) is 23.7. The fourth-order valence-corrected chi connectivity index (χ4v) is 4.41. The van der Waals surface area contributed by atoms with E-state index in [1.165, 1.54) is 18.2 Å². The summed E-state index contributed by atoms with van der Waals surface area (Å²) in [5.74, 6) is -1.66. The number of anilines is 1. The second-order valence-corrected chi connectivity index (χ2v) is 8.31. The highest BCUT2D eigenvalue weighted by Gasteiger charge is 2.18. The van der Waals surface area contributed by atoms with E-state index in [1.54, 1.807) is 12.1 Å². The Bertz CT molecular complexity index is 893. The lowest BCUT2D eigenvalue weighted by Crippen LogP contribution is -2.35. The van der Waals surface area contributed by atoms with E-state index < -0.39 is 11.9 Å². The van der Waals surface area contributed by atoms with E-state index in [0.717, 1.165) is 3.57 Å². The van der Waals surface area contributed by atoms with E-state index >= 15 is 0 Å². The Labute approximate surface area is 185 Å². The third-order valence-corrected chi connectivity index (χ3v) is 5.17. The maximum absolute atomic E-state index is 12.3. The van der Waals surface area contributed by atoms with Crippen molar-refractivity contribution in [2.24, 2.45) is 0 Å². The quantitative estimate of drug-likeness (QED) is 0.332. The van der Waals surface area contributed by atoms with E-state index in [1.807, 2.05) is 45.2 Å². The van der Waals surface area contributed by atoms with E-state index in [0.29, 0.717) is 14.3 Å². The number of hydrogen-bond acceptors (Lipinski definition) is 3. The highest BCUT2D eigenvalue weighted by Crippen LogP contribution is 2.26. The Morgan fingerprint density at radius 3 is 2.40 bits per heavy atom. The van der Waals surface area contributed by atoms with E-state index in [9.17, 15) is 14.7 Å². The zero-order valence-corrected chi connectivity index (χ0v) is 18.7. The van der Waals surface area contributed by atoms with Gasteiger partial charge in [-0.1, -0.05) is 23.2 Å². The Kier molecular flexibility index (Phi) is 7.26. The van der Waals surface area contributed by atoms with Gasteiger partial charge in [-0.05, 0) is 87.7 Å². The van der Waals surface area contributed by atoms with Gasteiger partial charge in [-0.3, -0.25) is 10.1 Å². The molecule has 0 bridgehead atoms. The largest absolute Gasteiger partial charge is 0.478 e. The van der Waals surface area contributed by atoms with Crippen LogP contribution in [0.3, 0.4) is 0 Å². The minimum absolute atomic E-state index is 0.0497. The van der Waals surface area contributed by atoms with Gasteiger partial charge in [0.25, 0.3) is 5.91 Å². The molecule has 0 saturated carbocycles. The van der Waals surface area contributed by atoms with Crippen LogP contribution in [0.4, 0.5) is 5.69 Å². The number of nitrogens with one attached hydrogen (secondary N) is 2. The van der Waals surface area contributed by atoms with Crippen LogP contribution in [0.15, 0.2) is 30.3 Å². The van der Waals surface area contributed by atoms with Gasteiger partial charge in [0.2, 0.25) is 0 Å². The molecule has 1 amide bonds. The number of amides is 1. The first-order valence-electron chi connectivity index (χ1n) is 6.48. The number of rotatable bonds is 3. The van der Waals surface area contributed by atoms with Gasteiger partial charge in [-0.2, -0.15) is 0 Å². The molecule has 25 heavy (non-hydrogen) atoms. The van der Waals surface area contributed by atoms with Crippen molar-refractivity contribution in [3.8, 4) is 0 Å². The topological polar surface area (TPSA) is 78.4 Å².